The first kappa shape index (κ1) is 32.3. The van der Waals surface area contributed by atoms with Crippen molar-refractivity contribution >= 4 is 0 Å². The van der Waals surface area contributed by atoms with Crippen LogP contribution in [0.2, 0.25) is 0 Å². The van der Waals surface area contributed by atoms with E-state index in [0.29, 0.717) is 63.1 Å². The van der Waals surface area contributed by atoms with Crippen LogP contribution in [-0.4, -0.2) is 85.8 Å². The molecule has 3 rings (SSSR count). The maximum atomic E-state index is 14.8. The Morgan fingerprint density at radius 2 is 1.20 bits per heavy atom. The SMILES string of the molecule is COCCOCOCCOc1ccc(-c2cc(OCOCCOC)cc(-c3ccc(OCCCO)c(F)c3)c2)cc1. The molecule has 0 spiro atoms. The Labute approximate surface area is 240 Å². The molecule has 0 fully saturated rings. The van der Waals surface area contributed by atoms with Crippen molar-refractivity contribution in [2.75, 3.05) is 80.7 Å². The lowest BCUT2D eigenvalue weighted by Gasteiger charge is -2.14. The second-order valence-electron chi connectivity index (χ2n) is 8.78. The van der Waals surface area contributed by atoms with Gasteiger partial charge in [-0.05, 0) is 64.7 Å². The number of hydrogen-bond acceptors (Lipinski definition) is 9. The lowest BCUT2D eigenvalue weighted by molar-refractivity contribution is -0.0710. The van der Waals surface area contributed by atoms with Crippen LogP contribution in [-0.2, 0) is 23.7 Å². The minimum absolute atomic E-state index is 0.0168. The summed E-state index contributed by atoms with van der Waals surface area (Å²) < 4.78 is 57.8. The summed E-state index contributed by atoms with van der Waals surface area (Å²) in [6.07, 6.45) is 0.429. The van der Waals surface area contributed by atoms with Crippen molar-refractivity contribution in [3.05, 3.63) is 66.5 Å². The average molecular weight is 575 g/mol. The third kappa shape index (κ3) is 11.6. The van der Waals surface area contributed by atoms with E-state index in [9.17, 15) is 4.39 Å². The van der Waals surface area contributed by atoms with Crippen LogP contribution in [0.25, 0.3) is 22.3 Å². The van der Waals surface area contributed by atoms with Crippen LogP contribution < -0.4 is 14.2 Å². The summed E-state index contributed by atoms with van der Waals surface area (Å²) >= 11 is 0. The zero-order chi connectivity index (χ0) is 29.1. The van der Waals surface area contributed by atoms with Gasteiger partial charge in [0.25, 0.3) is 0 Å². The van der Waals surface area contributed by atoms with Crippen LogP contribution >= 0.6 is 0 Å². The molecule has 0 bridgehead atoms. The van der Waals surface area contributed by atoms with Crippen LogP contribution in [0.1, 0.15) is 6.42 Å². The molecule has 0 saturated carbocycles. The molecule has 0 aliphatic carbocycles. The van der Waals surface area contributed by atoms with Crippen molar-refractivity contribution in [3.8, 4) is 39.5 Å². The van der Waals surface area contributed by atoms with Crippen molar-refractivity contribution in [3.63, 3.8) is 0 Å². The molecule has 3 aromatic carbocycles. The minimum atomic E-state index is -0.483. The molecule has 0 aromatic heterocycles. The maximum absolute atomic E-state index is 14.8. The van der Waals surface area contributed by atoms with E-state index in [0.717, 1.165) is 16.7 Å². The predicted molar refractivity (Wildman–Crippen MR) is 152 cm³/mol. The van der Waals surface area contributed by atoms with Crippen LogP contribution in [0.3, 0.4) is 0 Å². The molecule has 0 atom stereocenters. The highest BCUT2D eigenvalue weighted by Crippen LogP contribution is 2.34. The lowest BCUT2D eigenvalue weighted by atomic mass is 9.98. The number of hydrogen-bond donors (Lipinski definition) is 1. The smallest absolute Gasteiger partial charge is 0.189 e. The molecule has 0 amide bonds. The van der Waals surface area contributed by atoms with E-state index in [4.69, 9.17) is 43.0 Å². The highest BCUT2D eigenvalue weighted by Gasteiger charge is 2.11. The number of benzene rings is 3. The molecule has 0 radical (unpaired) electrons. The van der Waals surface area contributed by atoms with Crippen LogP contribution in [0.5, 0.6) is 17.2 Å². The summed E-state index contributed by atoms with van der Waals surface area (Å²) in [5, 5.41) is 8.94. The van der Waals surface area contributed by atoms with Gasteiger partial charge in [-0.15, -0.1) is 0 Å². The first-order valence-corrected chi connectivity index (χ1v) is 13.4. The van der Waals surface area contributed by atoms with Crippen LogP contribution in [0.15, 0.2) is 60.7 Å². The van der Waals surface area contributed by atoms with E-state index in [1.807, 2.05) is 42.5 Å². The first-order chi connectivity index (χ1) is 20.1. The van der Waals surface area contributed by atoms with Gasteiger partial charge in [0.15, 0.2) is 18.4 Å². The molecule has 10 heteroatoms. The monoisotopic (exact) mass is 574 g/mol. The Morgan fingerprint density at radius 3 is 1.85 bits per heavy atom. The summed E-state index contributed by atoms with van der Waals surface area (Å²) in [6, 6.07) is 18.2. The second-order valence-corrected chi connectivity index (χ2v) is 8.78. The Balaban J connectivity index is 1.70. The zero-order valence-electron chi connectivity index (χ0n) is 23.6. The second kappa shape index (κ2) is 19.0. The Kier molecular flexibility index (Phi) is 14.9. The first-order valence-electron chi connectivity index (χ1n) is 13.4. The predicted octanol–water partition coefficient (Wildman–Crippen LogP) is 4.94. The van der Waals surface area contributed by atoms with E-state index in [2.05, 4.69) is 0 Å². The molecular formula is C31H39FO9. The van der Waals surface area contributed by atoms with E-state index >= 15 is 0 Å². The molecular weight excluding hydrogens is 535 g/mol. The van der Waals surface area contributed by atoms with Gasteiger partial charge in [-0.1, -0.05) is 18.2 Å². The highest BCUT2D eigenvalue weighted by atomic mass is 19.1. The third-order valence-corrected chi connectivity index (χ3v) is 5.75. The molecule has 0 unspecified atom stereocenters. The largest absolute Gasteiger partial charge is 0.491 e. The van der Waals surface area contributed by atoms with Gasteiger partial charge >= 0.3 is 0 Å². The molecule has 0 aliphatic rings. The number of halogens is 1. The molecule has 0 heterocycles. The van der Waals surface area contributed by atoms with E-state index in [-0.39, 0.29) is 32.5 Å². The van der Waals surface area contributed by atoms with Gasteiger partial charge in [-0.25, -0.2) is 4.39 Å². The van der Waals surface area contributed by atoms with E-state index in [1.54, 1.807) is 26.4 Å². The normalized spacial score (nSPS) is 11.0. The maximum Gasteiger partial charge on any atom is 0.189 e. The molecule has 1 N–H and O–H groups in total. The molecule has 9 nitrogen and oxygen atoms in total. The summed E-state index contributed by atoms with van der Waals surface area (Å²) in [5.41, 5.74) is 3.23. The topological polar surface area (TPSA) is 94.1 Å². The molecule has 41 heavy (non-hydrogen) atoms. The third-order valence-electron chi connectivity index (χ3n) is 5.75. The Morgan fingerprint density at radius 1 is 0.561 bits per heavy atom. The van der Waals surface area contributed by atoms with Crippen molar-refractivity contribution in [1.29, 1.82) is 0 Å². The summed E-state index contributed by atoms with van der Waals surface area (Å²) in [4.78, 5) is 0. The van der Waals surface area contributed by atoms with Crippen LogP contribution in [0, 0.1) is 5.82 Å². The number of rotatable bonds is 21. The van der Waals surface area contributed by atoms with Gasteiger partial charge in [-0.2, -0.15) is 0 Å². The van der Waals surface area contributed by atoms with Gasteiger partial charge in [0.05, 0.1) is 39.6 Å². The molecule has 3 aromatic rings. The summed E-state index contributed by atoms with van der Waals surface area (Å²) in [7, 11) is 3.22. The van der Waals surface area contributed by atoms with E-state index < -0.39 is 5.82 Å². The Bertz CT molecular complexity index is 1140. The van der Waals surface area contributed by atoms with Crippen molar-refractivity contribution < 1.29 is 47.4 Å². The summed E-state index contributed by atoms with van der Waals surface area (Å²) in [6.45, 7) is 3.10. The number of aliphatic hydroxyl groups is 1. The van der Waals surface area contributed by atoms with Crippen molar-refractivity contribution in [1.82, 2.24) is 0 Å². The fraction of sp³-hybridized carbons (Fsp3) is 0.419. The van der Waals surface area contributed by atoms with Crippen molar-refractivity contribution in [2.24, 2.45) is 0 Å². The van der Waals surface area contributed by atoms with Gasteiger partial charge < -0.3 is 43.0 Å². The molecule has 0 saturated heterocycles. The van der Waals surface area contributed by atoms with E-state index in [1.165, 1.54) is 6.07 Å². The molecule has 0 aliphatic heterocycles. The fourth-order valence-corrected chi connectivity index (χ4v) is 3.65. The zero-order valence-corrected chi connectivity index (χ0v) is 23.6. The quantitative estimate of drug-likeness (QED) is 0.140. The lowest BCUT2D eigenvalue weighted by Crippen LogP contribution is -2.11. The number of methoxy groups -OCH3 is 2. The summed E-state index contributed by atoms with van der Waals surface area (Å²) in [5.74, 6) is 0.934. The number of aliphatic hydroxyl groups excluding tert-OH is 1. The highest BCUT2D eigenvalue weighted by molar-refractivity contribution is 5.75. The minimum Gasteiger partial charge on any atom is -0.491 e. The van der Waals surface area contributed by atoms with Crippen LogP contribution in [0.4, 0.5) is 4.39 Å². The average Bonchev–Trinajstić information content (AvgIpc) is 2.99. The number of ether oxygens (including phenoxy) is 8. The standard InChI is InChI=1S/C31H39FO9/c1-34-12-14-36-22-37-16-17-39-28-7-4-24(5-8-28)26-18-27(20-29(19-26)41-23-38-15-13-35-2)25-6-9-31(30(32)21-25)40-11-3-10-33/h4-9,18-21,33H,3,10-17,22-23H2,1-2H3. The van der Waals surface area contributed by atoms with Gasteiger partial charge in [-0.3, -0.25) is 0 Å². The van der Waals surface area contributed by atoms with Crippen molar-refractivity contribution in [2.45, 2.75) is 6.42 Å². The Hall–Kier alpha value is -3.25. The van der Waals surface area contributed by atoms with Gasteiger partial charge in [0, 0.05) is 27.2 Å². The van der Waals surface area contributed by atoms with Gasteiger partial charge in [0.1, 0.15) is 24.9 Å². The fourth-order valence-electron chi connectivity index (χ4n) is 3.65. The van der Waals surface area contributed by atoms with Gasteiger partial charge in [0.2, 0.25) is 0 Å². The molecule has 224 valence electrons.